The molecule has 0 aliphatic carbocycles. The van der Waals surface area contributed by atoms with E-state index in [0.717, 1.165) is 22.6 Å². The molecule has 0 atom stereocenters. The first-order valence-corrected chi connectivity index (χ1v) is 5.79. The van der Waals surface area contributed by atoms with Crippen molar-refractivity contribution in [2.45, 2.75) is 27.7 Å². The Morgan fingerprint density at radius 3 is 2.18 bits per heavy atom. The van der Waals surface area contributed by atoms with E-state index in [1.54, 1.807) is 14.2 Å². The van der Waals surface area contributed by atoms with Crippen molar-refractivity contribution in [3.05, 3.63) is 29.3 Å². The average Bonchev–Trinajstić information content (AvgIpc) is 2.24. The van der Waals surface area contributed by atoms with Gasteiger partial charge in [0.05, 0.1) is 14.2 Å². The fourth-order valence-electron chi connectivity index (χ4n) is 1.62. The van der Waals surface area contributed by atoms with E-state index in [1.165, 1.54) is 0 Å². The first kappa shape index (κ1) is 13.6. The molecule has 0 heterocycles. The molecule has 2 nitrogen and oxygen atoms in total. The zero-order chi connectivity index (χ0) is 13.1. The quantitative estimate of drug-likeness (QED) is 0.784. The predicted octanol–water partition coefficient (Wildman–Crippen LogP) is 4.07. The molecule has 0 fully saturated rings. The van der Waals surface area contributed by atoms with E-state index in [-0.39, 0.29) is 5.41 Å². The molecule has 0 N–H and O–H groups in total. The summed E-state index contributed by atoms with van der Waals surface area (Å²) in [6, 6.07) is 4.09. The van der Waals surface area contributed by atoms with Crippen LogP contribution in [0, 0.1) is 12.3 Å². The fraction of sp³-hybridized carbons (Fsp3) is 0.467. The molecule has 1 aromatic carbocycles. The maximum atomic E-state index is 5.33. The van der Waals surface area contributed by atoms with Crippen molar-refractivity contribution in [1.29, 1.82) is 0 Å². The van der Waals surface area contributed by atoms with Gasteiger partial charge in [-0.25, -0.2) is 0 Å². The minimum Gasteiger partial charge on any atom is -0.493 e. The number of benzene rings is 1. The van der Waals surface area contributed by atoms with Gasteiger partial charge < -0.3 is 9.47 Å². The monoisotopic (exact) mass is 234 g/mol. The first-order chi connectivity index (χ1) is 7.87. The lowest BCUT2D eigenvalue weighted by Gasteiger charge is -2.13. The van der Waals surface area contributed by atoms with E-state index in [2.05, 4.69) is 39.0 Å². The number of aryl methyl sites for hydroxylation is 1. The van der Waals surface area contributed by atoms with Crippen LogP contribution in [0.15, 0.2) is 18.2 Å². The summed E-state index contributed by atoms with van der Waals surface area (Å²) < 4.78 is 10.6. The Labute approximate surface area is 104 Å². The van der Waals surface area contributed by atoms with Crippen molar-refractivity contribution in [1.82, 2.24) is 0 Å². The van der Waals surface area contributed by atoms with Crippen molar-refractivity contribution in [3.8, 4) is 11.5 Å². The van der Waals surface area contributed by atoms with E-state index in [9.17, 15) is 0 Å². The standard InChI is InChI=1S/C15H22O2/c1-11-9-12(7-8-15(2,3)4)10-13(16-5)14(11)17-6/h7-10H,1-6H3/b8-7+. The van der Waals surface area contributed by atoms with Crippen molar-refractivity contribution >= 4 is 6.08 Å². The molecule has 0 aromatic heterocycles. The van der Waals surface area contributed by atoms with Gasteiger partial charge in [-0.1, -0.05) is 32.9 Å². The largest absolute Gasteiger partial charge is 0.493 e. The molecule has 0 saturated heterocycles. The third-order valence-electron chi connectivity index (χ3n) is 2.46. The number of rotatable bonds is 3. The van der Waals surface area contributed by atoms with Gasteiger partial charge in [-0.2, -0.15) is 0 Å². The van der Waals surface area contributed by atoms with Gasteiger partial charge in [0, 0.05) is 0 Å². The smallest absolute Gasteiger partial charge is 0.163 e. The molecule has 1 aromatic rings. The lowest BCUT2D eigenvalue weighted by Crippen LogP contribution is -1.98. The Hall–Kier alpha value is -1.44. The molecule has 0 amide bonds. The number of hydrogen-bond acceptors (Lipinski definition) is 2. The highest BCUT2D eigenvalue weighted by Crippen LogP contribution is 2.32. The van der Waals surface area contributed by atoms with Crippen molar-refractivity contribution in [3.63, 3.8) is 0 Å². The van der Waals surface area contributed by atoms with Crippen LogP contribution in [-0.2, 0) is 0 Å². The first-order valence-electron chi connectivity index (χ1n) is 5.79. The van der Waals surface area contributed by atoms with E-state index < -0.39 is 0 Å². The molecule has 0 saturated carbocycles. The van der Waals surface area contributed by atoms with E-state index >= 15 is 0 Å². The molecule has 0 aliphatic rings. The Kier molecular flexibility index (Phi) is 4.22. The molecule has 94 valence electrons. The number of hydrogen-bond donors (Lipinski definition) is 0. The van der Waals surface area contributed by atoms with Crippen molar-refractivity contribution < 1.29 is 9.47 Å². The highest BCUT2D eigenvalue weighted by molar-refractivity contribution is 5.59. The molecule has 1 rings (SSSR count). The van der Waals surface area contributed by atoms with Gasteiger partial charge in [0.15, 0.2) is 11.5 Å². The summed E-state index contributed by atoms with van der Waals surface area (Å²) in [5.74, 6) is 1.58. The summed E-state index contributed by atoms with van der Waals surface area (Å²) in [5.41, 5.74) is 2.40. The minimum atomic E-state index is 0.182. The molecular weight excluding hydrogens is 212 g/mol. The highest BCUT2D eigenvalue weighted by Gasteiger charge is 2.09. The van der Waals surface area contributed by atoms with Gasteiger partial charge in [-0.05, 0) is 35.6 Å². The summed E-state index contributed by atoms with van der Waals surface area (Å²) in [7, 11) is 3.32. The Bertz CT molecular complexity index is 412. The summed E-state index contributed by atoms with van der Waals surface area (Å²) in [6.45, 7) is 8.56. The van der Waals surface area contributed by atoms with Crippen LogP contribution in [-0.4, -0.2) is 14.2 Å². The van der Waals surface area contributed by atoms with Crippen LogP contribution >= 0.6 is 0 Å². The average molecular weight is 234 g/mol. The van der Waals surface area contributed by atoms with Crippen LogP contribution in [0.3, 0.4) is 0 Å². The lowest BCUT2D eigenvalue weighted by molar-refractivity contribution is 0.353. The third kappa shape index (κ3) is 3.81. The molecule has 0 aliphatic heterocycles. The Morgan fingerprint density at radius 2 is 1.71 bits per heavy atom. The summed E-state index contributed by atoms with van der Waals surface area (Å²) >= 11 is 0. The van der Waals surface area contributed by atoms with Crippen LogP contribution in [0.25, 0.3) is 6.08 Å². The SMILES string of the molecule is COc1cc(/C=C/C(C)(C)C)cc(C)c1OC. The minimum absolute atomic E-state index is 0.182. The molecule has 0 spiro atoms. The zero-order valence-electron chi connectivity index (χ0n) is 11.6. The zero-order valence-corrected chi connectivity index (χ0v) is 11.6. The van der Waals surface area contributed by atoms with Crippen molar-refractivity contribution in [2.24, 2.45) is 5.41 Å². The topological polar surface area (TPSA) is 18.5 Å². The second-order valence-electron chi connectivity index (χ2n) is 5.27. The lowest BCUT2D eigenvalue weighted by atomic mass is 9.95. The van der Waals surface area contributed by atoms with E-state index in [4.69, 9.17) is 9.47 Å². The van der Waals surface area contributed by atoms with E-state index in [1.807, 2.05) is 13.0 Å². The summed E-state index contributed by atoms with van der Waals surface area (Å²) in [4.78, 5) is 0. The molecule has 2 heteroatoms. The van der Waals surface area contributed by atoms with E-state index in [0.29, 0.717) is 0 Å². The normalized spacial score (nSPS) is 11.9. The van der Waals surface area contributed by atoms with Crippen LogP contribution < -0.4 is 9.47 Å². The predicted molar refractivity (Wildman–Crippen MR) is 72.8 cm³/mol. The molecular formula is C15H22O2. The molecule has 17 heavy (non-hydrogen) atoms. The third-order valence-corrected chi connectivity index (χ3v) is 2.46. The molecule has 0 radical (unpaired) electrons. The van der Waals surface area contributed by atoms with Crippen molar-refractivity contribution in [2.75, 3.05) is 14.2 Å². The molecule has 0 unspecified atom stereocenters. The Balaban J connectivity index is 3.12. The number of methoxy groups -OCH3 is 2. The molecule has 0 bridgehead atoms. The van der Waals surface area contributed by atoms with Gasteiger partial charge in [-0.15, -0.1) is 0 Å². The van der Waals surface area contributed by atoms with Crippen LogP contribution in [0.4, 0.5) is 0 Å². The van der Waals surface area contributed by atoms with Gasteiger partial charge in [0.1, 0.15) is 0 Å². The van der Waals surface area contributed by atoms with Gasteiger partial charge in [0.25, 0.3) is 0 Å². The number of ether oxygens (including phenoxy) is 2. The van der Waals surface area contributed by atoms with Crippen LogP contribution in [0.2, 0.25) is 0 Å². The van der Waals surface area contributed by atoms with Gasteiger partial charge in [-0.3, -0.25) is 0 Å². The van der Waals surface area contributed by atoms with Crippen LogP contribution in [0.1, 0.15) is 31.9 Å². The maximum Gasteiger partial charge on any atom is 0.163 e. The number of allylic oxidation sites excluding steroid dienone is 1. The maximum absolute atomic E-state index is 5.33. The summed E-state index contributed by atoms with van der Waals surface area (Å²) in [6.07, 6.45) is 4.31. The second-order valence-corrected chi connectivity index (χ2v) is 5.27. The summed E-state index contributed by atoms with van der Waals surface area (Å²) in [5, 5.41) is 0. The Morgan fingerprint density at radius 1 is 1.06 bits per heavy atom. The van der Waals surface area contributed by atoms with Crippen LogP contribution in [0.5, 0.6) is 11.5 Å². The van der Waals surface area contributed by atoms with Gasteiger partial charge >= 0.3 is 0 Å². The highest BCUT2D eigenvalue weighted by atomic mass is 16.5. The fourth-order valence-corrected chi connectivity index (χ4v) is 1.62. The van der Waals surface area contributed by atoms with Gasteiger partial charge in [0.2, 0.25) is 0 Å². The second kappa shape index (κ2) is 5.26.